The van der Waals surface area contributed by atoms with Gasteiger partial charge in [0.25, 0.3) is 0 Å². The minimum atomic E-state index is 0.609. The Balaban J connectivity index is 3.51. The molecule has 0 saturated carbocycles. The summed E-state index contributed by atoms with van der Waals surface area (Å²) in [5, 5.41) is 6.35. The summed E-state index contributed by atoms with van der Waals surface area (Å²) in [5.41, 5.74) is 0. The Morgan fingerprint density at radius 3 is 2.35 bits per heavy atom. The number of nitrogens with one attached hydrogen (secondary N) is 2. The van der Waals surface area contributed by atoms with Crippen LogP contribution >= 0.6 is 0 Å². The molecule has 0 aliphatic rings. The molecule has 20 heavy (non-hydrogen) atoms. The molecule has 0 fully saturated rings. The molecule has 6 heteroatoms. The summed E-state index contributed by atoms with van der Waals surface area (Å²) in [4.78, 5) is 4.41. The van der Waals surface area contributed by atoms with Crippen molar-refractivity contribution < 1.29 is 14.2 Å². The van der Waals surface area contributed by atoms with E-state index in [-0.39, 0.29) is 0 Å². The predicted molar refractivity (Wildman–Crippen MR) is 82.4 cm³/mol. The number of hydrogen-bond donors (Lipinski definition) is 2. The lowest BCUT2D eigenvalue weighted by Crippen LogP contribution is -2.39. The average Bonchev–Trinajstić information content (AvgIpc) is 2.45. The van der Waals surface area contributed by atoms with Crippen LogP contribution in [-0.4, -0.2) is 65.7 Å². The van der Waals surface area contributed by atoms with Crippen LogP contribution in [0, 0.1) is 0 Å². The summed E-state index contributed by atoms with van der Waals surface area (Å²) < 4.78 is 15.8. The smallest absolute Gasteiger partial charge is 0.191 e. The van der Waals surface area contributed by atoms with Gasteiger partial charge in [0.2, 0.25) is 0 Å². The molecule has 0 amide bonds. The molecule has 0 rings (SSSR count). The third-order valence-corrected chi connectivity index (χ3v) is 2.46. The molecular formula is C14H31N3O3. The summed E-state index contributed by atoms with van der Waals surface area (Å²) >= 11 is 0. The Kier molecular flexibility index (Phi) is 15.5. The molecule has 0 spiro atoms. The van der Waals surface area contributed by atoms with Gasteiger partial charge in [-0.25, -0.2) is 0 Å². The maximum absolute atomic E-state index is 5.46. The van der Waals surface area contributed by atoms with E-state index in [2.05, 4.69) is 22.5 Å². The molecule has 0 radical (unpaired) electrons. The number of ether oxygens (including phenoxy) is 3. The molecule has 0 aliphatic heterocycles. The van der Waals surface area contributed by atoms with E-state index in [0.717, 1.165) is 32.1 Å². The van der Waals surface area contributed by atoms with Crippen molar-refractivity contribution >= 4 is 5.96 Å². The van der Waals surface area contributed by atoms with Gasteiger partial charge >= 0.3 is 0 Å². The van der Waals surface area contributed by atoms with Crippen molar-refractivity contribution in [1.82, 2.24) is 10.6 Å². The van der Waals surface area contributed by atoms with Gasteiger partial charge in [-0.05, 0) is 13.3 Å². The fourth-order valence-electron chi connectivity index (χ4n) is 1.40. The molecule has 0 aromatic rings. The van der Waals surface area contributed by atoms with Crippen molar-refractivity contribution in [3.8, 4) is 0 Å². The fourth-order valence-corrected chi connectivity index (χ4v) is 1.40. The van der Waals surface area contributed by atoms with Crippen LogP contribution in [0.4, 0.5) is 0 Å². The lowest BCUT2D eigenvalue weighted by molar-refractivity contribution is 0.0497. The van der Waals surface area contributed by atoms with Gasteiger partial charge in [0.15, 0.2) is 5.96 Å². The Morgan fingerprint density at radius 2 is 1.70 bits per heavy atom. The molecule has 0 aromatic carbocycles. The Hall–Kier alpha value is -0.850. The van der Waals surface area contributed by atoms with Crippen LogP contribution in [0.1, 0.15) is 26.7 Å². The molecule has 0 bridgehead atoms. The highest BCUT2D eigenvalue weighted by molar-refractivity contribution is 5.79. The van der Waals surface area contributed by atoms with E-state index < -0.39 is 0 Å². The van der Waals surface area contributed by atoms with Crippen LogP contribution in [0.3, 0.4) is 0 Å². The highest BCUT2D eigenvalue weighted by Gasteiger charge is 1.95. The highest BCUT2D eigenvalue weighted by Crippen LogP contribution is 1.88. The molecule has 0 heterocycles. The quantitative estimate of drug-likeness (QED) is 0.301. The molecule has 6 nitrogen and oxygen atoms in total. The van der Waals surface area contributed by atoms with E-state index in [9.17, 15) is 0 Å². The summed E-state index contributed by atoms with van der Waals surface area (Å²) in [6.45, 7) is 9.80. The first-order valence-electron chi connectivity index (χ1n) is 7.51. The van der Waals surface area contributed by atoms with Crippen molar-refractivity contribution in [1.29, 1.82) is 0 Å². The van der Waals surface area contributed by atoms with Gasteiger partial charge in [-0.15, -0.1) is 0 Å². The van der Waals surface area contributed by atoms with Crippen molar-refractivity contribution in [3.63, 3.8) is 0 Å². The van der Waals surface area contributed by atoms with Crippen LogP contribution in [0.25, 0.3) is 0 Å². The zero-order chi connectivity index (χ0) is 14.9. The number of rotatable bonds is 13. The monoisotopic (exact) mass is 289 g/mol. The van der Waals surface area contributed by atoms with Crippen LogP contribution < -0.4 is 10.6 Å². The second-order valence-corrected chi connectivity index (χ2v) is 4.26. The maximum Gasteiger partial charge on any atom is 0.191 e. The molecule has 0 aromatic heterocycles. The van der Waals surface area contributed by atoms with E-state index in [4.69, 9.17) is 14.2 Å². The molecule has 0 saturated heterocycles. The van der Waals surface area contributed by atoms with Gasteiger partial charge in [-0.1, -0.05) is 13.3 Å². The van der Waals surface area contributed by atoms with E-state index in [1.165, 1.54) is 6.42 Å². The topological polar surface area (TPSA) is 64.1 Å². The molecule has 0 atom stereocenters. The van der Waals surface area contributed by atoms with Crippen molar-refractivity contribution in [3.05, 3.63) is 0 Å². The normalized spacial score (nSPS) is 11.7. The number of methoxy groups -OCH3 is 1. The van der Waals surface area contributed by atoms with E-state index in [1.807, 2.05) is 6.92 Å². The molecule has 2 N–H and O–H groups in total. The van der Waals surface area contributed by atoms with Crippen molar-refractivity contribution in [2.45, 2.75) is 26.7 Å². The minimum Gasteiger partial charge on any atom is -0.383 e. The largest absolute Gasteiger partial charge is 0.383 e. The van der Waals surface area contributed by atoms with Crippen LogP contribution in [0.15, 0.2) is 4.99 Å². The van der Waals surface area contributed by atoms with Gasteiger partial charge in [-0.3, -0.25) is 4.99 Å². The Bertz CT molecular complexity index is 226. The Morgan fingerprint density at radius 1 is 0.950 bits per heavy atom. The zero-order valence-electron chi connectivity index (χ0n) is 13.2. The SMILES string of the molecule is CCCCOCCOCCN=C(NCC)NCCOC. The standard InChI is InChI=1S/C14H31N3O3/c1-4-6-9-19-12-13-20-11-8-17-14(15-5-2)16-7-10-18-3/h4-13H2,1-3H3,(H2,15,16,17). The van der Waals surface area contributed by atoms with Gasteiger partial charge in [0.1, 0.15) is 0 Å². The second-order valence-electron chi connectivity index (χ2n) is 4.26. The summed E-state index contributed by atoms with van der Waals surface area (Å²) in [7, 11) is 1.68. The number of hydrogen-bond acceptors (Lipinski definition) is 4. The van der Waals surface area contributed by atoms with Crippen LogP contribution in [0.5, 0.6) is 0 Å². The van der Waals surface area contributed by atoms with Crippen molar-refractivity contribution in [2.75, 3.05) is 59.8 Å². The second kappa shape index (κ2) is 16.2. The fraction of sp³-hybridized carbons (Fsp3) is 0.929. The summed E-state index contributed by atoms with van der Waals surface area (Å²) in [6, 6.07) is 0. The highest BCUT2D eigenvalue weighted by atomic mass is 16.5. The number of guanidine groups is 1. The minimum absolute atomic E-state index is 0.609. The first-order chi connectivity index (χ1) is 9.85. The number of aliphatic imine (C=N–C) groups is 1. The van der Waals surface area contributed by atoms with Crippen molar-refractivity contribution in [2.24, 2.45) is 4.99 Å². The summed E-state index contributed by atoms with van der Waals surface area (Å²) in [6.07, 6.45) is 2.28. The van der Waals surface area contributed by atoms with E-state index in [0.29, 0.717) is 33.0 Å². The van der Waals surface area contributed by atoms with Gasteiger partial charge in [-0.2, -0.15) is 0 Å². The Labute approximate surface area is 123 Å². The van der Waals surface area contributed by atoms with E-state index >= 15 is 0 Å². The third-order valence-electron chi connectivity index (χ3n) is 2.46. The molecular weight excluding hydrogens is 258 g/mol. The lowest BCUT2D eigenvalue weighted by atomic mass is 10.4. The van der Waals surface area contributed by atoms with Crippen LogP contribution in [0.2, 0.25) is 0 Å². The predicted octanol–water partition coefficient (Wildman–Crippen LogP) is 1.02. The average molecular weight is 289 g/mol. The molecule has 120 valence electrons. The first kappa shape index (κ1) is 19.1. The van der Waals surface area contributed by atoms with Gasteiger partial charge in [0.05, 0.1) is 33.0 Å². The lowest BCUT2D eigenvalue weighted by Gasteiger charge is -2.10. The zero-order valence-corrected chi connectivity index (χ0v) is 13.2. The maximum atomic E-state index is 5.46. The third kappa shape index (κ3) is 13.6. The molecule has 0 unspecified atom stereocenters. The molecule has 0 aliphatic carbocycles. The van der Waals surface area contributed by atoms with Crippen LogP contribution in [-0.2, 0) is 14.2 Å². The first-order valence-corrected chi connectivity index (χ1v) is 7.51. The number of nitrogens with zero attached hydrogens (tertiary/aromatic N) is 1. The summed E-state index contributed by atoms with van der Waals surface area (Å²) in [5.74, 6) is 0.798. The van der Waals surface area contributed by atoms with E-state index in [1.54, 1.807) is 7.11 Å². The van der Waals surface area contributed by atoms with Gasteiger partial charge < -0.3 is 24.8 Å². The van der Waals surface area contributed by atoms with Gasteiger partial charge in [0, 0.05) is 26.8 Å². The number of unbranched alkanes of at least 4 members (excludes halogenated alkanes) is 1.